The van der Waals surface area contributed by atoms with E-state index in [0.29, 0.717) is 5.57 Å². The number of hydrogen-bond donors (Lipinski definition) is 2. The van der Waals surface area contributed by atoms with Gasteiger partial charge >= 0.3 is 35.5 Å². The molecule has 13 nitrogen and oxygen atoms in total. The smallest absolute Gasteiger partial charge is 0.857 e. The van der Waals surface area contributed by atoms with E-state index in [2.05, 4.69) is 20.3 Å². The molecule has 2 aliphatic heterocycles. The summed E-state index contributed by atoms with van der Waals surface area (Å²) in [5, 5.41) is 39.5. The first kappa shape index (κ1) is 26.4. The molecular weight excluding hydrogens is 509 g/mol. The maximum atomic E-state index is 12.8. The Kier molecular flexibility index (Phi) is 8.35. The average Bonchev–Trinajstić information content (AvgIpc) is 3.47. The van der Waals surface area contributed by atoms with Crippen molar-refractivity contribution in [3.8, 4) is 6.07 Å². The van der Waals surface area contributed by atoms with Gasteiger partial charge < -0.3 is 25.3 Å². The van der Waals surface area contributed by atoms with E-state index >= 15 is 0 Å². The third-order valence-electron chi connectivity index (χ3n) is 4.67. The summed E-state index contributed by atoms with van der Waals surface area (Å²) in [6.07, 6.45) is 2.93. The summed E-state index contributed by atoms with van der Waals surface area (Å²) < 4.78 is 4.96. The van der Waals surface area contributed by atoms with Crippen LogP contribution in [0.3, 0.4) is 0 Å². The zero-order chi connectivity index (χ0) is 24.4. The topological polar surface area (TPSA) is 203 Å². The number of nitriles is 1. The van der Waals surface area contributed by atoms with E-state index in [1.807, 2.05) is 6.07 Å². The van der Waals surface area contributed by atoms with Gasteiger partial charge in [-0.25, -0.2) is 9.78 Å². The minimum atomic E-state index is -1.31. The number of thiazole rings is 1. The van der Waals surface area contributed by atoms with Gasteiger partial charge in [0.15, 0.2) is 22.6 Å². The number of nitrogens with two attached hydrogens (primary N) is 1. The first-order valence-electron chi connectivity index (χ1n) is 9.37. The largest absolute Gasteiger partial charge is 1.00 e. The molecule has 16 heteroatoms. The third kappa shape index (κ3) is 5.26. The number of hydrogen-bond acceptors (Lipinski definition) is 13. The summed E-state index contributed by atoms with van der Waals surface area (Å²) in [6.45, 7) is 0. The average molecular weight is 523 g/mol. The molecule has 2 aliphatic rings. The van der Waals surface area contributed by atoms with Crippen LogP contribution in [0.4, 0.5) is 5.13 Å². The summed E-state index contributed by atoms with van der Waals surface area (Å²) in [6, 6.07) is 2.12. The Balaban J connectivity index is 0.00000342. The number of aliphatic carboxylic acids is 1. The van der Waals surface area contributed by atoms with E-state index in [1.54, 1.807) is 0 Å². The van der Waals surface area contributed by atoms with Gasteiger partial charge in [0.2, 0.25) is 0 Å². The minimum Gasteiger partial charge on any atom is -0.857 e. The van der Waals surface area contributed by atoms with Crippen LogP contribution in [-0.4, -0.2) is 67.9 Å². The molecule has 0 aliphatic carbocycles. The number of aromatic nitrogens is 2. The molecule has 0 radical (unpaired) electrons. The molecule has 0 spiro atoms. The number of thioether (sulfide) groups is 1. The van der Waals surface area contributed by atoms with E-state index in [9.17, 15) is 19.8 Å². The zero-order valence-electron chi connectivity index (χ0n) is 18.2. The number of rotatable bonds is 7. The van der Waals surface area contributed by atoms with Gasteiger partial charge in [-0.3, -0.25) is 14.7 Å². The van der Waals surface area contributed by atoms with Crippen LogP contribution in [0.15, 0.2) is 43.5 Å². The molecule has 1 amide bonds. The predicted octanol–water partition coefficient (Wildman–Crippen LogP) is -2.97. The minimum absolute atomic E-state index is 0. The molecule has 4 heterocycles. The SMILES string of the molecule is CO/N=C(\C([O-])=NC1C(=O)N2C(C(=O)O)=C(/C=C/c3cc(C#N)no3)CSC12)c1csc(N)n1.[Na+]. The number of nitrogen functional groups attached to an aromatic ring is 1. The Hall–Kier alpha value is -3.16. The van der Waals surface area contributed by atoms with Gasteiger partial charge in [-0.05, 0) is 11.6 Å². The van der Waals surface area contributed by atoms with E-state index in [-0.39, 0.29) is 69.0 Å². The number of oxime groups is 1. The number of β-lactam (4-membered cyclic amide) rings is 1. The number of carboxylic acid groups (broad SMARTS) is 1. The van der Waals surface area contributed by atoms with Crippen LogP contribution in [0.1, 0.15) is 17.1 Å². The number of anilines is 1. The summed E-state index contributed by atoms with van der Waals surface area (Å²) in [5.41, 5.74) is 5.75. The van der Waals surface area contributed by atoms with Gasteiger partial charge in [0, 0.05) is 23.1 Å². The van der Waals surface area contributed by atoms with E-state index in [0.717, 1.165) is 16.2 Å². The summed E-state index contributed by atoms with van der Waals surface area (Å²) in [7, 11) is 1.25. The first-order chi connectivity index (χ1) is 16.3. The van der Waals surface area contributed by atoms with Gasteiger partial charge in [-0.1, -0.05) is 16.4 Å². The molecule has 2 aromatic heterocycles. The van der Waals surface area contributed by atoms with E-state index in [1.165, 1.54) is 42.5 Å². The fourth-order valence-corrected chi connectivity index (χ4v) is 5.06. The Bertz CT molecular complexity index is 1320. The number of carboxylic acids is 1. The van der Waals surface area contributed by atoms with Gasteiger partial charge in [0.1, 0.15) is 35.7 Å². The van der Waals surface area contributed by atoms with E-state index in [4.69, 9.17) is 20.4 Å². The monoisotopic (exact) mass is 523 g/mol. The van der Waals surface area contributed by atoms with Crippen molar-refractivity contribution in [2.75, 3.05) is 18.6 Å². The summed E-state index contributed by atoms with van der Waals surface area (Å²) >= 11 is 2.34. The standard InChI is InChI=1S/C19H15N7O6S2.Na/c1-31-25-12(11-7-34-19(21)22-11)15(27)23-13-16(28)26-14(18(29)30)8(6-33-17(13)26)2-3-10-4-9(5-20)24-32-10;/h2-4,7,13,17H,6H2,1H3,(H2,21,22)(H,23,27)(H,29,30);/q;+1/p-1/b3-2+,25-12-;. The van der Waals surface area contributed by atoms with Crippen LogP contribution in [0.5, 0.6) is 0 Å². The van der Waals surface area contributed by atoms with Crippen molar-refractivity contribution >= 4 is 57.8 Å². The molecule has 35 heavy (non-hydrogen) atoms. The first-order valence-corrected chi connectivity index (χ1v) is 11.3. The van der Waals surface area contributed by atoms with Gasteiger partial charge in [0.05, 0.1) is 0 Å². The molecule has 0 bridgehead atoms. The van der Waals surface area contributed by atoms with Crippen molar-refractivity contribution < 1.29 is 58.7 Å². The number of aliphatic imine (C=N–C) groups is 1. The Morgan fingerprint density at radius 2 is 2.29 bits per heavy atom. The van der Waals surface area contributed by atoms with Gasteiger partial charge in [0.25, 0.3) is 5.91 Å². The van der Waals surface area contributed by atoms with Crippen LogP contribution >= 0.6 is 23.1 Å². The molecule has 1 fully saturated rings. The fraction of sp³-hybridized carbons (Fsp3) is 0.211. The third-order valence-corrected chi connectivity index (χ3v) is 6.63. The Morgan fingerprint density at radius 3 is 2.89 bits per heavy atom. The van der Waals surface area contributed by atoms with Crippen LogP contribution in [0.25, 0.3) is 6.08 Å². The van der Waals surface area contributed by atoms with Crippen molar-refractivity contribution in [3.63, 3.8) is 0 Å². The maximum absolute atomic E-state index is 12.8. The number of fused-ring (bicyclic) bond motifs is 1. The van der Waals surface area contributed by atoms with Crippen molar-refractivity contribution in [1.29, 1.82) is 5.26 Å². The summed E-state index contributed by atoms with van der Waals surface area (Å²) in [4.78, 5) is 38.5. The van der Waals surface area contributed by atoms with Crippen molar-refractivity contribution in [2.45, 2.75) is 11.4 Å². The second kappa shape index (κ2) is 11.1. The van der Waals surface area contributed by atoms with Crippen LogP contribution in [0.2, 0.25) is 0 Å². The van der Waals surface area contributed by atoms with Crippen molar-refractivity contribution in [3.05, 3.63) is 45.9 Å². The van der Waals surface area contributed by atoms with Gasteiger partial charge in [-0.2, -0.15) is 5.26 Å². The maximum Gasteiger partial charge on any atom is 1.00 e. The fourth-order valence-electron chi connectivity index (χ4n) is 3.21. The molecule has 2 atom stereocenters. The number of carbonyl (C=O) groups excluding carboxylic acids is 1. The Morgan fingerprint density at radius 1 is 1.51 bits per heavy atom. The van der Waals surface area contributed by atoms with Crippen molar-refractivity contribution in [2.24, 2.45) is 10.1 Å². The predicted molar refractivity (Wildman–Crippen MR) is 119 cm³/mol. The molecule has 2 aromatic rings. The van der Waals surface area contributed by atoms with E-state index < -0.39 is 29.2 Å². The molecule has 4 rings (SSSR count). The number of amides is 1. The second-order valence-corrected chi connectivity index (χ2v) is 8.72. The molecular formula is C19H14N7NaO6S2. The van der Waals surface area contributed by atoms with Gasteiger partial charge in [-0.15, -0.1) is 23.1 Å². The van der Waals surface area contributed by atoms with Crippen LogP contribution in [0, 0.1) is 11.3 Å². The van der Waals surface area contributed by atoms with Crippen LogP contribution in [-0.2, 0) is 14.4 Å². The van der Waals surface area contributed by atoms with Crippen LogP contribution < -0.4 is 40.4 Å². The molecule has 174 valence electrons. The summed E-state index contributed by atoms with van der Waals surface area (Å²) in [5.74, 6) is -2.31. The quantitative estimate of drug-likeness (QED) is 0.123. The molecule has 0 aromatic carbocycles. The zero-order valence-corrected chi connectivity index (χ0v) is 21.9. The second-order valence-electron chi connectivity index (χ2n) is 6.72. The number of carbonyl (C=O) groups is 2. The number of allylic oxidation sites excluding steroid dienone is 1. The molecule has 2 unspecified atom stereocenters. The normalized spacial score (nSPS) is 20.2. The molecule has 1 saturated heterocycles. The number of nitrogens with zero attached hydrogens (tertiary/aromatic N) is 6. The Labute approximate surface area is 227 Å². The van der Waals surface area contributed by atoms with Crippen molar-refractivity contribution in [1.82, 2.24) is 15.0 Å². The molecule has 0 saturated carbocycles. The molecule has 3 N–H and O–H groups in total.